The summed E-state index contributed by atoms with van der Waals surface area (Å²) >= 11 is 0. The number of nitriles is 1. The van der Waals surface area contributed by atoms with Crippen LogP contribution >= 0.6 is 0 Å². The molecule has 0 amide bonds. The fourth-order valence-electron chi connectivity index (χ4n) is 6.00. The summed E-state index contributed by atoms with van der Waals surface area (Å²) in [6, 6.07) is 48.7. The highest BCUT2D eigenvalue weighted by atomic mass is 14.8. The molecule has 0 saturated heterocycles. The SMILES string of the molecule is N#Cc1ccc(-c2cccc3cc(-c4ccc5c(-c6ccc7ccc8cccnc8c7n6)cccc5c4)ccc23)cc1. The van der Waals surface area contributed by atoms with Crippen molar-refractivity contribution in [3.8, 4) is 39.6 Å². The zero-order valence-corrected chi connectivity index (χ0v) is 22.6. The Kier molecular flexibility index (Phi) is 5.52. The Bertz CT molecular complexity index is 2360. The molecule has 0 aliphatic heterocycles. The Morgan fingerprint density at radius 3 is 1.79 bits per heavy atom. The molecule has 3 heteroatoms. The van der Waals surface area contributed by atoms with Gasteiger partial charge in [-0.2, -0.15) is 5.26 Å². The molecule has 42 heavy (non-hydrogen) atoms. The van der Waals surface area contributed by atoms with Crippen molar-refractivity contribution < 1.29 is 0 Å². The number of benzene rings is 6. The molecular weight excluding hydrogens is 510 g/mol. The summed E-state index contributed by atoms with van der Waals surface area (Å²) in [6.07, 6.45) is 1.83. The minimum Gasteiger partial charge on any atom is -0.254 e. The van der Waals surface area contributed by atoms with E-state index in [0.29, 0.717) is 5.56 Å². The molecule has 0 fully saturated rings. The molecule has 0 aliphatic carbocycles. The van der Waals surface area contributed by atoms with Crippen LogP contribution in [0.15, 0.2) is 140 Å². The van der Waals surface area contributed by atoms with E-state index in [1.54, 1.807) is 0 Å². The van der Waals surface area contributed by atoms with E-state index in [4.69, 9.17) is 10.2 Å². The summed E-state index contributed by atoms with van der Waals surface area (Å²) < 4.78 is 0. The topological polar surface area (TPSA) is 49.6 Å². The standard InChI is InChI=1S/C39H23N3/c40-24-25-9-11-26(12-10-25)33-7-1-4-31-22-29(15-18-34(31)33)30-16-19-35-32(23-30)5-2-8-36(35)37-20-17-28-14-13-27-6-3-21-41-38(27)39(28)42-37/h1-23H. The lowest BCUT2D eigenvalue weighted by Gasteiger charge is -2.12. The van der Waals surface area contributed by atoms with Crippen LogP contribution < -0.4 is 0 Å². The second-order valence-electron chi connectivity index (χ2n) is 10.6. The van der Waals surface area contributed by atoms with Gasteiger partial charge >= 0.3 is 0 Å². The predicted molar refractivity (Wildman–Crippen MR) is 173 cm³/mol. The van der Waals surface area contributed by atoms with Gasteiger partial charge in [-0.15, -0.1) is 0 Å². The molecule has 3 nitrogen and oxygen atoms in total. The molecule has 194 valence electrons. The Balaban J connectivity index is 1.20. The lowest BCUT2D eigenvalue weighted by atomic mass is 9.93. The van der Waals surface area contributed by atoms with Crippen molar-refractivity contribution in [3.63, 3.8) is 0 Å². The van der Waals surface area contributed by atoms with Crippen molar-refractivity contribution in [2.45, 2.75) is 0 Å². The van der Waals surface area contributed by atoms with Gasteiger partial charge < -0.3 is 0 Å². The summed E-state index contributed by atoms with van der Waals surface area (Å²) in [5.74, 6) is 0. The number of hydrogen-bond donors (Lipinski definition) is 0. The zero-order chi connectivity index (χ0) is 28.0. The van der Waals surface area contributed by atoms with E-state index in [0.717, 1.165) is 44.2 Å². The van der Waals surface area contributed by atoms with Gasteiger partial charge in [-0.05, 0) is 80.2 Å². The minimum atomic E-state index is 0.669. The largest absolute Gasteiger partial charge is 0.254 e. The Morgan fingerprint density at radius 2 is 1.07 bits per heavy atom. The average Bonchev–Trinajstić information content (AvgIpc) is 3.07. The van der Waals surface area contributed by atoms with E-state index >= 15 is 0 Å². The summed E-state index contributed by atoms with van der Waals surface area (Å²) in [6.45, 7) is 0. The number of rotatable bonds is 3. The number of aromatic nitrogens is 2. The fraction of sp³-hybridized carbons (Fsp3) is 0. The summed E-state index contributed by atoms with van der Waals surface area (Å²) in [5, 5.41) is 16.1. The van der Waals surface area contributed by atoms with Crippen LogP contribution in [0.4, 0.5) is 0 Å². The first kappa shape index (κ1) is 24.0. The van der Waals surface area contributed by atoms with E-state index in [9.17, 15) is 0 Å². The number of fused-ring (bicyclic) bond motifs is 5. The van der Waals surface area contributed by atoms with Crippen molar-refractivity contribution >= 4 is 43.4 Å². The predicted octanol–water partition coefficient (Wildman–Crippen LogP) is 9.96. The molecule has 2 heterocycles. The van der Waals surface area contributed by atoms with Crippen LogP contribution in [0.2, 0.25) is 0 Å². The van der Waals surface area contributed by atoms with E-state index in [1.165, 1.54) is 32.7 Å². The molecule has 2 aromatic heterocycles. The van der Waals surface area contributed by atoms with Gasteiger partial charge in [0.1, 0.15) is 0 Å². The second kappa shape index (κ2) is 9.66. The smallest absolute Gasteiger partial charge is 0.0991 e. The summed E-state index contributed by atoms with van der Waals surface area (Å²) in [7, 11) is 0. The van der Waals surface area contributed by atoms with Gasteiger partial charge in [-0.3, -0.25) is 4.98 Å². The van der Waals surface area contributed by atoms with Crippen LogP contribution in [0.3, 0.4) is 0 Å². The maximum Gasteiger partial charge on any atom is 0.0991 e. The molecule has 8 rings (SSSR count). The van der Waals surface area contributed by atoms with Crippen molar-refractivity contribution in [2.75, 3.05) is 0 Å². The number of nitrogens with zero attached hydrogens (tertiary/aromatic N) is 3. The molecule has 0 N–H and O–H groups in total. The van der Waals surface area contributed by atoms with Gasteiger partial charge in [0, 0.05) is 22.5 Å². The van der Waals surface area contributed by atoms with Crippen LogP contribution in [0.1, 0.15) is 5.56 Å². The first-order chi connectivity index (χ1) is 20.7. The molecule has 0 bridgehead atoms. The third-order valence-corrected chi connectivity index (χ3v) is 8.13. The summed E-state index contributed by atoms with van der Waals surface area (Å²) in [4.78, 5) is 9.73. The van der Waals surface area contributed by atoms with E-state index in [-0.39, 0.29) is 0 Å². The van der Waals surface area contributed by atoms with E-state index in [2.05, 4.69) is 114 Å². The van der Waals surface area contributed by atoms with Crippen molar-refractivity contribution in [1.29, 1.82) is 5.26 Å². The van der Waals surface area contributed by atoms with Crippen LogP contribution in [-0.4, -0.2) is 9.97 Å². The van der Waals surface area contributed by atoms with Gasteiger partial charge in [-0.25, -0.2) is 4.98 Å². The van der Waals surface area contributed by atoms with Gasteiger partial charge in [-0.1, -0.05) is 97.1 Å². The van der Waals surface area contributed by atoms with Gasteiger partial charge in [0.2, 0.25) is 0 Å². The van der Waals surface area contributed by atoms with Crippen LogP contribution in [0.5, 0.6) is 0 Å². The molecule has 0 atom stereocenters. The number of pyridine rings is 2. The second-order valence-corrected chi connectivity index (χ2v) is 10.6. The molecule has 6 aromatic carbocycles. The molecule has 0 aliphatic rings. The highest BCUT2D eigenvalue weighted by Crippen LogP contribution is 2.35. The van der Waals surface area contributed by atoms with Crippen LogP contribution in [0.25, 0.3) is 76.9 Å². The number of hydrogen-bond acceptors (Lipinski definition) is 3. The Hall–Kier alpha value is -5.85. The van der Waals surface area contributed by atoms with E-state index in [1.807, 2.05) is 36.5 Å². The van der Waals surface area contributed by atoms with Gasteiger partial charge in [0.25, 0.3) is 0 Å². The third kappa shape index (κ3) is 3.98. The Labute approximate surface area is 243 Å². The highest BCUT2D eigenvalue weighted by molar-refractivity contribution is 6.05. The lowest BCUT2D eigenvalue weighted by molar-refractivity contribution is 1.37. The fourth-order valence-corrected chi connectivity index (χ4v) is 6.00. The monoisotopic (exact) mass is 533 g/mol. The highest BCUT2D eigenvalue weighted by Gasteiger charge is 2.11. The van der Waals surface area contributed by atoms with Crippen molar-refractivity contribution in [3.05, 3.63) is 145 Å². The molecule has 0 unspecified atom stereocenters. The van der Waals surface area contributed by atoms with Crippen LogP contribution in [0, 0.1) is 11.3 Å². The average molecular weight is 534 g/mol. The summed E-state index contributed by atoms with van der Waals surface area (Å²) in [5.41, 5.74) is 9.20. The maximum absolute atomic E-state index is 9.17. The maximum atomic E-state index is 9.17. The molecule has 0 radical (unpaired) electrons. The van der Waals surface area contributed by atoms with Crippen LogP contribution in [-0.2, 0) is 0 Å². The molecular formula is C39H23N3. The van der Waals surface area contributed by atoms with Crippen molar-refractivity contribution in [2.24, 2.45) is 0 Å². The quantitative estimate of drug-likeness (QED) is 0.212. The molecule has 0 spiro atoms. The minimum absolute atomic E-state index is 0.669. The zero-order valence-electron chi connectivity index (χ0n) is 22.6. The normalized spacial score (nSPS) is 11.3. The van der Waals surface area contributed by atoms with Gasteiger partial charge in [0.05, 0.1) is 28.4 Å². The van der Waals surface area contributed by atoms with Gasteiger partial charge in [0.15, 0.2) is 0 Å². The van der Waals surface area contributed by atoms with Crippen molar-refractivity contribution in [1.82, 2.24) is 9.97 Å². The third-order valence-electron chi connectivity index (χ3n) is 8.13. The van der Waals surface area contributed by atoms with E-state index < -0.39 is 0 Å². The molecule has 0 saturated carbocycles. The Morgan fingerprint density at radius 1 is 0.476 bits per heavy atom. The molecule has 8 aromatic rings. The first-order valence-electron chi connectivity index (χ1n) is 14.0. The lowest BCUT2D eigenvalue weighted by Crippen LogP contribution is -1.90. The first-order valence-corrected chi connectivity index (χ1v) is 14.0.